The van der Waals surface area contributed by atoms with E-state index in [0.29, 0.717) is 17.1 Å². The molecular weight excluding hydrogens is 321 g/mol. The summed E-state index contributed by atoms with van der Waals surface area (Å²) in [5.41, 5.74) is 1.02. The Morgan fingerprint density at radius 3 is 2.64 bits per heavy atom. The number of nitrogens with one attached hydrogen (secondary N) is 1. The number of carbonyl (C=O) groups is 1. The summed E-state index contributed by atoms with van der Waals surface area (Å²) >= 11 is 0. The molecule has 25 heavy (non-hydrogen) atoms. The highest BCUT2D eigenvalue weighted by molar-refractivity contribution is 5.87. The normalized spacial score (nSPS) is 14.0. The molecule has 0 atom stereocenters. The fourth-order valence-corrected chi connectivity index (χ4v) is 2.85. The number of aromatic nitrogens is 2. The highest BCUT2D eigenvalue weighted by Gasteiger charge is 2.16. The molecule has 2 aromatic rings. The number of amides is 1. The summed E-state index contributed by atoms with van der Waals surface area (Å²) in [4.78, 5) is 22.3. The summed E-state index contributed by atoms with van der Waals surface area (Å²) in [6.45, 7) is 3.16. The second kappa shape index (κ2) is 7.26. The summed E-state index contributed by atoms with van der Waals surface area (Å²) in [5.74, 6) is 0.0283. The highest BCUT2D eigenvalue weighted by Crippen LogP contribution is 2.26. The first kappa shape index (κ1) is 16.8. The second-order valence-corrected chi connectivity index (χ2v) is 5.97. The lowest BCUT2D eigenvalue weighted by molar-refractivity contribution is -0.114. The van der Waals surface area contributed by atoms with Crippen molar-refractivity contribution in [1.29, 1.82) is 5.26 Å². The predicted molar refractivity (Wildman–Crippen MR) is 92.5 cm³/mol. The van der Waals surface area contributed by atoms with Gasteiger partial charge in [0, 0.05) is 31.6 Å². The lowest BCUT2D eigenvalue weighted by Gasteiger charge is -2.28. The Morgan fingerprint density at radius 1 is 1.24 bits per heavy atom. The van der Waals surface area contributed by atoms with Gasteiger partial charge in [0.2, 0.25) is 11.9 Å². The van der Waals surface area contributed by atoms with Crippen molar-refractivity contribution in [2.24, 2.45) is 0 Å². The maximum Gasteiger partial charge on any atom is 0.231 e. The number of benzene rings is 1. The molecule has 0 saturated carbocycles. The maximum absolute atomic E-state index is 14.0. The minimum absolute atomic E-state index is 0.0175. The van der Waals surface area contributed by atoms with E-state index in [4.69, 9.17) is 5.26 Å². The summed E-state index contributed by atoms with van der Waals surface area (Å²) in [5, 5.41) is 11.5. The largest absolute Gasteiger partial charge is 0.356 e. The molecule has 0 spiro atoms. The standard InChI is InChI=1S/C18H18FN5O/c1-12(25)21-18-22-16(13-5-6-14(11-20)15(19)9-13)10-17(23-18)24-7-3-2-4-8-24/h5-6,9-10H,2-4,7-8H2,1H3,(H,21,22,23,25). The van der Waals surface area contributed by atoms with Crippen molar-refractivity contribution in [1.82, 2.24) is 9.97 Å². The van der Waals surface area contributed by atoms with E-state index < -0.39 is 5.82 Å². The Hall–Kier alpha value is -3.01. The van der Waals surface area contributed by atoms with Gasteiger partial charge in [-0.15, -0.1) is 0 Å². The van der Waals surface area contributed by atoms with Crippen molar-refractivity contribution in [3.63, 3.8) is 0 Å². The number of nitriles is 1. The third-order valence-corrected chi connectivity index (χ3v) is 4.07. The number of carbonyl (C=O) groups excluding carboxylic acids is 1. The third-order valence-electron chi connectivity index (χ3n) is 4.07. The van der Waals surface area contributed by atoms with E-state index in [1.54, 1.807) is 18.2 Å². The average molecular weight is 339 g/mol. The Balaban J connectivity index is 2.03. The first-order chi connectivity index (χ1) is 12.1. The molecular formula is C18H18FN5O. The van der Waals surface area contributed by atoms with Crippen molar-refractivity contribution in [2.75, 3.05) is 23.3 Å². The van der Waals surface area contributed by atoms with Crippen molar-refractivity contribution in [3.05, 3.63) is 35.6 Å². The quantitative estimate of drug-likeness (QED) is 0.929. The van der Waals surface area contributed by atoms with Gasteiger partial charge < -0.3 is 4.90 Å². The van der Waals surface area contributed by atoms with Crippen LogP contribution in [0.5, 0.6) is 0 Å². The average Bonchev–Trinajstić information content (AvgIpc) is 2.61. The molecule has 1 aromatic carbocycles. The van der Waals surface area contributed by atoms with Crippen molar-refractivity contribution in [3.8, 4) is 17.3 Å². The van der Waals surface area contributed by atoms with Crippen LogP contribution in [0.4, 0.5) is 16.2 Å². The van der Waals surface area contributed by atoms with E-state index in [0.717, 1.165) is 25.9 Å². The molecule has 1 amide bonds. The molecule has 2 heterocycles. The number of rotatable bonds is 3. The van der Waals surface area contributed by atoms with Crippen molar-refractivity contribution < 1.29 is 9.18 Å². The van der Waals surface area contributed by atoms with Crippen molar-refractivity contribution >= 4 is 17.7 Å². The minimum atomic E-state index is -0.598. The fraction of sp³-hybridized carbons (Fsp3) is 0.333. The number of hydrogen-bond acceptors (Lipinski definition) is 5. The second-order valence-electron chi connectivity index (χ2n) is 5.97. The number of anilines is 2. The predicted octanol–water partition coefficient (Wildman–Crippen LogP) is 3.10. The molecule has 0 radical (unpaired) electrons. The number of halogens is 1. The first-order valence-electron chi connectivity index (χ1n) is 8.18. The van der Waals surface area contributed by atoms with Crippen LogP contribution in [0.15, 0.2) is 24.3 Å². The third kappa shape index (κ3) is 3.91. The van der Waals surface area contributed by atoms with Gasteiger partial charge >= 0.3 is 0 Å². The summed E-state index contributed by atoms with van der Waals surface area (Å²) in [7, 11) is 0. The Bertz CT molecular complexity index is 840. The van der Waals surface area contributed by atoms with E-state index in [2.05, 4.69) is 20.2 Å². The molecule has 0 aliphatic carbocycles. The SMILES string of the molecule is CC(=O)Nc1nc(-c2ccc(C#N)c(F)c2)cc(N2CCCCC2)n1. The van der Waals surface area contributed by atoms with Crippen LogP contribution in [0.2, 0.25) is 0 Å². The van der Waals surface area contributed by atoms with Crippen LogP contribution in [0.3, 0.4) is 0 Å². The Kier molecular flexibility index (Phi) is 4.89. The molecule has 3 rings (SSSR count). The molecule has 1 fully saturated rings. The number of nitrogens with zero attached hydrogens (tertiary/aromatic N) is 4. The fourth-order valence-electron chi connectivity index (χ4n) is 2.85. The van der Waals surface area contributed by atoms with Gasteiger partial charge in [0.15, 0.2) is 0 Å². The molecule has 0 bridgehead atoms. The summed E-state index contributed by atoms with van der Waals surface area (Å²) in [6, 6.07) is 7.93. The van der Waals surface area contributed by atoms with Crippen LogP contribution >= 0.6 is 0 Å². The lowest BCUT2D eigenvalue weighted by Crippen LogP contribution is -2.30. The van der Waals surface area contributed by atoms with Gasteiger partial charge in [0.05, 0.1) is 11.3 Å². The van der Waals surface area contributed by atoms with Crippen LogP contribution < -0.4 is 10.2 Å². The van der Waals surface area contributed by atoms with E-state index in [1.807, 2.05) is 0 Å². The van der Waals surface area contributed by atoms with Gasteiger partial charge in [-0.2, -0.15) is 10.2 Å². The first-order valence-corrected chi connectivity index (χ1v) is 8.18. The van der Waals surface area contributed by atoms with E-state index in [9.17, 15) is 9.18 Å². The lowest BCUT2D eigenvalue weighted by atomic mass is 10.1. The molecule has 1 aliphatic heterocycles. The van der Waals surface area contributed by atoms with Gasteiger partial charge in [-0.25, -0.2) is 9.37 Å². The van der Waals surface area contributed by atoms with Crippen molar-refractivity contribution in [2.45, 2.75) is 26.2 Å². The number of hydrogen-bond donors (Lipinski definition) is 1. The zero-order valence-corrected chi connectivity index (χ0v) is 13.9. The maximum atomic E-state index is 14.0. The molecule has 1 aliphatic rings. The van der Waals surface area contributed by atoms with Crippen LogP contribution in [0, 0.1) is 17.1 Å². The molecule has 128 valence electrons. The summed E-state index contributed by atoms with van der Waals surface area (Å²) < 4.78 is 14.0. The van der Waals surface area contributed by atoms with Crippen LogP contribution in [-0.2, 0) is 4.79 Å². The van der Waals surface area contributed by atoms with Gasteiger partial charge in [0.1, 0.15) is 17.7 Å². The Morgan fingerprint density at radius 2 is 2.00 bits per heavy atom. The van der Waals surface area contributed by atoms with E-state index >= 15 is 0 Å². The summed E-state index contributed by atoms with van der Waals surface area (Å²) in [6.07, 6.45) is 3.36. The van der Waals surface area contributed by atoms with Gasteiger partial charge in [-0.05, 0) is 31.4 Å². The zero-order chi connectivity index (χ0) is 17.8. The zero-order valence-electron chi connectivity index (χ0n) is 13.9. The smallest absolute Gasteiger partial charge is 0.231 e. The number of piperidine rings is 1. The molecule has 1 aromatic heterocycles. The molecule has 1 saturated heterocycles. The van der Waals surface area contributed by atoms with Gasteiger partial charge in [-0.1, -0.05) is 6.07 Å². The topological polar surface area (TPSA) is 81.9 Å². The monoisotopic (exact) mass is 339 g/mol. The Labute approximate surface area is 145 Å². The van der Waals surface area contributed by atoms with Gasteiger partial charge in [-0.3, -0.25) is 10.1 Å². The minimum Gasteiger partial charge on any atom is -0.356 e. The molecule has 6 nitrogen and oxygen atoms in total. The molecule has 7 heteroatoms. The van der Waals surface area contributed by atoms with Crippen LogP contribution in [-0.4, -0.2) is 29.0 Å². The van der Waals surface area contributed by atoms with Crippen LogP contribution in [0.1, 0.15) is 31.7 Å². The van der Waals surface area contributed by atoms with Crippen LogP contribution in [0.25, 0.3) is 11.3 Å². The van der Waals surface area contributed by atoms with Gasteiger partial charge in [0.25, 0.3) is 0 Å². The van der Waals surface area contributed by atoms with E-state index in [1.165, 1.54) is 25.5 Å². The highest BCUT2D eigenvalue weighted by atomic mass is 19.1. The molecule has 1 N–H and O–H groups in total. The molecule has 0 unspecified atom stereocenters. The van der Waals surface area contributed by atoms with E-state index in [-0.39, 0.29) is 17.4 Å².